The van der Waals surface area contributed by atoms with Crippen LogP contribution < -0.4 is 10.2 Å². The first kappa shape index (κ1) is 15.0. The lowest BCUT2D eigenvalue weighted by atomic mass is 10.1. The van der Waals surface area contributed by atoms with E-state index >= 15 is 0 Å². The third-order valence-corrected chi connectivity index (χ3v) is 3.25. The minimum Gasteiger partial charge on any atom is -0.362 e. The topological polar surface area (TPSA) is 45.2 Å². The van der Waals surface area contributed by atoms with Gasteiger partial charge in [0, 0.05) is 32.4 Å². The molecule has 0 bridgehead atoms. The number of hydrogen-bond acceptors (Lipinski definition) is 3. The Kier molecular flexibility index (Phi) is 4.93. The molecule has 1 aromatic heterocycles. The number of nitrogens with zero attached hydrogens (tertiary/aromatic N) is 2. The Balaban J connectivity index is 1.94. The number of carbonyl (C=O) groups excluding carboxylic acids is 1. The maximum atomic E-state index is 12.0. The predicted molar refractivity (Wildman–Crippen MR) is 85.3 cm³/mol. The molecule has 0 aliphatic heterocycles. The molecule has 0 saturated heterocycles. The molecule has 0 atom stereocenters. The van der Waals surface area contributed by atoms with Gasteiger partial charge in [-0.05, 0) is 18.6 Å². The zero-order valence-corrected chi connectivity index (χ0v) is 12.8. The van der Waals surface area contributed by atoms with Crippen molar-refractivity contribution < 1.29 is 4.79 Å². The van der Waals surface area contributed by atoms with E-state index in [9.17, 15) is 4.79 Å². The summed E-state index contributed by atoms with van der Waals surface area (Å²) in [5, 5.41) is 2.95. The van der Waals surface area contributed by atoms with Gasteiger partial charge in [0.05, 0.1) is 6.42 Å². The fourth-order valence-electron chi connectivity index (χ4n) is 2.12. The number of anilines is 1. The van der Waals surface area contributed by atoms with E-state index in [2.05, 4.69) is 10.3 Å². The Bertz CT molecular complexity index is 606. The molecule has 1 heterocycles. The Morgan fingerprint density at radius 3 is 2.57 bits per heavy atom. The summed E-state index contributed by atoms with van der Waals surface area (Å²) in [7, 11) is 3.89. The van der Waals surface area contributed by atoms with Gasteiger partial charge < -0.3 is 10.2 Å². The Labute approximate surface area is 125 Å². The van der Waals surface area contributed by atoms with Gasteiger partial charge in [-0.1, -0.05) is 35.9 Å². The zero-order chi connectivity index (χ0) is 15.2. The van der Waals surface area contributed by atoms with E-state index in [4.69, 9.17) is 0 Å². The van der Waals surface area contributed by atoms with Crippen molar-refractivity contribution in [2.24, 2.45) is 0 Å². The van der Waals surface area contributed by atoms with Crippen molar-refractivity contribution >= 4 is 11.7 Å². The Morgan fingerprint density at radius 1 is 1.19 bits per heavy atom. The summed E-state index contributed by atoms with van der Waals surface area (Å²) in [6.07, 6.45) is 2.16. The molecule has 4 heteroatoms. The molecule has 1 N–H and O–H groups in total. The van der Waals surface area contributed by atoms with E-state index in [1.54, 1.807) is 6.20 Å². The minimum atomic E-state index is 0.0208. The van der Waals surface area contributed by atoms with E-state index in [0.29, 0.717) is 13.0 Å². The molecule has 0 spiro atoms. The average Bonchev–Trinajstić information content (AvgIpc) is 2.48. The van der Waals surface area contributed by atoms with E-state index in [1.807, 2.05) is 62.3 Å². The fraction of sp³-hybridized carbons (Fsp3) is 0.294. The van der Waals surface area contributed by atoms with Crippen molar-refractivity contribution in [1.82, 2.24) is 10.3 Å². The predicted octanol–water partition coefficient (Wildman–Crippen LogP) is 2.31. The second-order valence-electron chi connectivity index (χ2n) is 5.32. The van der Waals surface area contributed by atoms with Crippen LogP contribution >= 0.6 is 0 Å². The molecule has 0 aliphatic rings. The molecule has 0 fully saturated rings. The standard InChI is InChI=1S/C17H21N3O/c1-13-6-8-14(9-7-13)11-16(21)19-12-15-5-4-10-18-17(15)20(2)3/h4-10H,11-12H2,1-3H3,(H,19,21). The third kappa shape index (κ3) is 4.31. The Hall–Kier alpha value is -2.36. The van der Waals surface area contributed by atoms with Gasteiger partial charge in [-0.25, -0.2) is 4.98 Å². The summed E-state index contributed by atoms with van der Waals surface area (Å²) < 4.78 is 0. The monoisotopic (exact) mass is 283 g/mol. The van der Waals surface area contributed by atoms with Gasteiger partial charge in [0.15, 0.2) is 0 Å². The lowest BCUT2D eigenvalue weighted by Gasteiger charge is -2.16. The van der Waals surface area contributed by atoms with Gasteiger partial charge in [-0.2, -0.15) is 0 Å². The molecule has 0 aliphatic carbocycles. The van der Waals surface area contributed by atoms with Crippen LogP contribution in [-0.2, 0) is 17.8 Å². The van der Waals surface area contributed by atoms with E-state index in [0.717, 1.165) is 16.9 Å². The molecule has 110 valence electrons. The number of hydrogen-bond donors (Lipinski definition) is 1. The zero-order valence-electron chi connectivity index (χ0n) is 12.8. The van der Waals surface area contributed by atoms with Crippen LogP contribution in [0.5, 0.6) is 0 Å². The van der Waals surface area contributed by atoms with Crippen LogP contribution in [0.25, 0.3) is 0 Å². The lowest BCUT2D eigenvalue weighted by molar-refractivity contribution is -0.120. The van der Waals surface area contributed by atoms with Gasteiger partial charge in [0.2, 0.25) is 5.91 Å². The summed E-state index contributed by atoms with van der Waals surface area (Å²) in [5.41, 5.74) is 3.24. The summed E-state index contributed by atoms with van der Waals surface area (Å²) in [5.74, 6) is 0.903. The van der Waals surface area contributed by atoms with Crippen molar-refractivity contribution in [2.75, 3.05) is 19.0 Å². The molecule has 1 amide bonds. The van der Waals surface area contributed by atoms with Crippen molar-refractivity contribution in [2.45, 2.75) is 19.9 Å². The van der Waals surface area contributed by atoms with Crippen LogP contribution in [0.4, 0.5) is 5.82 Å². The number of nitrogens with one attached hydrogen (secondary N) is 1. The normalized spacial score (nSPS) is 10.2. The highest BCUT2D eigenvalue weighted by Gasteiger charge is 2.08. The highest BCUT2D eigenvalue weighted by Crippen LogP contribution is 2.13. The summed E-state index contributed by atoms with van der Waals surface area (Å²) >= 11 is 0. The van der Waals surface area contributed by atoms with Crippen molar-refractivity contribution in [3.8, 4) is 0 Å². The van der Waals surface area contributed by atoms with Gasteiger partial charge in [0.25, 0.3) is 0 Å². The first-order valence-corrected chi connectivity index (χ1v) is 6.99. The maximum absolute atomic E-state index is 12.0. The smallest absolute Gasteiger partial charge is 0.224 e. The SMILES string of the molecule is Cc1ccc(CC(=O)NCc2cccnc2N(C)C)cc1. The minimum absolute atomic E-state index is 0.0208. The number of amides is 1. The largest absolute Gasteiger partial charge is 0.362 e. The van der Waals surface area contributed by atoms with Crippen LogP contribution in [0.2, 0.25) is 0 Å². The van der Waals surface area contributed by atoms with Crippen LogP contribution in [0.15, 0.2) is 42.6 Å². The molecule has 0 saturated carbocycles. The highest BCUT2D eigenvalue weighted by atomic mass is 16.1. The first-order chi connectivity index (χ1) is 10.1. The summed E-state index contributed by atoms with van der Waals surface area (Å²) in [4.78, 5) is 18.3. The number of pyridine rings is 1. The third-order valence-electron chi connectivity index (χ3n) is 3.25. The number of carbonyl (C=O) groups is 1. The number of benzene rings is 1. The molecule has 2 aromatic rings. The first-order valence-electron chi connectivity index (χ1n) is 6.99. The fourth-order valence-corrected chi connectivity index (χ4v) is 2.12. The summed E-state index contributed by atoms with van der Waals surface area (Å²) in [6, 6.07) is 11.9. The van der Waals surface area contributed by atoms with E-state index in [1.165, 1.54) is 5.56 Å². The molecule has 4 nitrogen and oxygen atoms in total. The molecule has 0 radical (unpaired) electrons. The highest BCUT2D eigenvalue weighted by molar-refractivity contribution is 5.78. The Morgan fingerprint density at radius 2 is 1.90 bits per heavy atom. The quantitative estimate of drug-likeness (QED) is 0.916. The van der Waals surface area contributed by atoms with Crippen LogP contribution in [0.3, 0.4) is 0 Å². The average molecular weight is 283 g/mol. The lowest BCUT2D eigenvalue weighted by Crippen LogP contribution is -2.26. The molecule has 1 aromatic carbocycles. The van der Waals surface area contributed by atoms with Crippen molar-refractivity contribution in [1.29, 1.82) is 0 Å². The van der Waals surface area contributed by atoms with Crippen LogP contribution in [0.1, 0.15) is 16.7 Å². The second-order valence-corrected chi connectivity index (χ2v) is 5.32. The van der Waals surface area contributed by atoms with Crippen molar-refractivity contribution in [3.63, 3.8) is 0 Å². The summed E-state index contributed by atoms with van der Waals surface area (Å²) in [6.45, 7) is 2.53. The molecular weight excluding hydrogens is 262 g/mol. The van der Waals surface area contributed by atoms with Gasteiger partial charge in [-0.3, -0.25) is 4.79 Å². The van der Waals surface area contributed by atoms with Gasteiger partial charge >= 0.3 is 0 Å². The molecule has 0 unspecified atom stereocenters. The maximum Gasteiger partial charge on any atom is 0.224 e. The number of rotatable bonds is 5. The second kappa shape index (κ2) is 6.88. The van der Waals surface area contributed by atoms with Crippen molar-refractivity contribution in [3.05, 3.63) is 59.3 Å². The van der Waals surface area contributed by atoms with Gasteiger partial charge in [0.1, 0.15) is 5.82 Å². The molecule has 2 rings (SSSR count). The van der Waals surface area contributed by atoms with Crippen LogP contribution in [-0.4, -0.2) is 25.0 Å². The van der Waals surface area contributed by atoms with Crippen LogP contribution in [0, 0.1) is 6.92 Å². The molecular formula is C17H21N3O. The molecule has 21 heavy (non-hydrogen) atoms. The number of aryl methyl sites for hydroxylation is 1. The van der Waals surface area contributed by atoms with E-state index in [-0.39, 0.29) is 5.91 Å². The van der Waals surface area contributed by atoms with E-state index < -0.39 is 0 Å². The number of aromatic nitrogens is 1. The van der Waals surface area contributed by atoms with Gasteiger partial charge in [-0.15, -0.1) is 0 Å².